The predicted molar refractivity (Wildman–Crippen MR) is 65.9 cm³/mol. The molecule has 1 aromatic rings. The Morgan fingerprint density at radius 2 is 2.18 bits per heavy atom. The molecule has 4 nitrogen and oxygen atoms in total. The van der Waals surface area contributed by atoms with Gasteiger partial charge in [-0.15, -0.1) is 0 Å². The van der Waals surface area contributed by atoms with Crippen LogP contribution in [0.2, 0.25) is 5.02 Å². The number of carbonyl (C=O) groups excluding carboxylic acids is 1. The van der Waals surface area contributed by atoms with Gasteiger partial charge in [0.25, 0.3) is 0 Å². The van der Waals surface area contributed by atoms with Gasteiger partial charge in [-0.1, -0.05) is 17.7 Å². The first-order valence-corrected chi connectivity index (χ1v) is 5.39. The molecule has 0 N–H and O–H groups in total. The van der Waals surface area contributed by atoms with E-state index in [0.29, 0.717) is 10.6 Å². The minimum Gasteiger partial charge on any atom is -0.402 e. The molecule has 0 amide bonds. The maximum Gasteiger partial charge on any atom is 0.365 e. The number of ether oxygens (including phenoxy) is 1. The van der Waals surface area contributed by atoms with E-state index in [-0.39, 0.29) is 11.6 Å². The van der Waals surface area contributed by atoms with Crippen LogP contribution in [0.25, 0.3) is 0 Å². The summed E-state index contributed by atoms with van der Waals surface area (Å²) in [5.41, 5.74) is 0.970. The van der Waals surface area contributed by atoms with Gasteiger partial charge in [0.1, 0.15) is 0 Å². The number of benzene rings is 1. The molecule has 2 rings (SSSR count). The van der Waals surface area contributed by atoms with Crippen LogP contribution >= 0.6 is 11.6 Å². The highest BCUT2D eigenvalue weighted by atomic mass is 35.5. The van der Waals surface area contributed by atoms with Crippen LogP contribution in [0.4, 0.5) is 0 Å². The van der Waals surface area contributed by atoms with Crippen molar-refractivity contribution in [3.8, 4) is 0 Å². The molecule has 0 saturated carbocycles. The lowest BCUT2D eigenvalue weighted by atomic mass is 10.2. The fraction of sp³-hybridized carbons (Fsp3) is 0.167. The number of aliphatic imine (C=N–C) groups is 1. The monoisotopic (exact) mass is 250 g/mol. The van der Waals surface area contributed by atoms with Gasteiger partial charge in [-0.3, -0.25) is 0 Å². The summed E-state index contributed by atoms with van der Waals surface area (Å²) < 4.78 is 5.07. The van der Waals surface area contributed by atoms with Gasteiger partial charge >= 0.3 is 5.97 Å². The summed E-state index contributed by atoms with van der Waals surface area (Å²) in [6.45, 7) is 0. The number of nitrogens with zero attached hydrogens (tertiary/aromatic N) is 2. The minimum atomic E-state index is -0.450. The molecule has 1 aromatic carbocycles. The normalized spacial score (nSPS) is 17.0. The lowest BCUT2D eigenvalue weighted by Crippen LogP contribution is -2.07. The summed E-state index contributed by atoms with van der Waals surface area (Å²) in [4.78, 5) is 17.4. The van der Waals surface area contributed by atoms with E-state index < -0.39 is 5.97 Å². The maximum absolute atomic E-state index is 11.5. The molecule has 0 unspecified atom stereocenters. The maximum atomic E-state index is 11.5. The van der Waals surface area contributed by atoms with Crippen LogP contribution in [0.1, 0.15) is 5.56 Å². The van der Waals surface area contributed by atoms with Crippen molar-refractivity contribution in [1.82, 2.24) is 4.90 Å². The first-order valence-electron chi connectivity index (χ1n) is 5.01. The van der Waals surface area contributed by atoms with E-state index in [9.17, 15) is 4.79 Å². The van der Waals surface area contributed by atoms with Crippen LogP contribution in [0.3, 0.4) is 0 Å². The number of carbonyl (C=O) groups is 1. The lowest BCUT2D eigenvalue weighted by Gasteiger charge is -2.02. The van der Waals surface area contributed by atoms with E-state index >= 15 is 0 Å². The van der Waals surface area contributed by atoms with Crippen molar-refractivity contribution in [2.75, 3.05) is 14.1 Å². The smallest absolute Gasteiger partial charge is 0.365 e. The van der Waals surface area contributed by atoms with Crippen LogP contribution in [0.15, 0.2) is 41.2 Å². The van der Waals surface area contributed by atoms with Crippen molar-refractivity contribution < 1.29 is 9.53 Å². The summed E-state index contributed by atoms with van der Waals surface area (Å²) in [6.07, 6.45) is 1.61. The Morgan fingerprint density at radius 3 is 2.82 bits per heavy atom. The molecule has 0 fully saturated rings. The van der Waals surface area contributed by atoms with Crippen molar-refractivity contribution in [3.63, 3.8) is 0 Å². The summed E-state index contributed by atoms with van der Waals surface area (Å²) in [5.74, 6) is -0.167. The molecular formula is C12H11ClN2O2. The van der Waals surface area contributed by atoms with Crippen molar-refractivity contribution in [2.24, 2.45) is 4.99 Å². The van der Waals surface area contributed by atoms with E-state index in [1.165, 1.54) is 0 Å². The van der Waals surface area contributed by atoms with Crippen molar-refractivity contribution in [3.05, 3.63) is 46.7 Å². The Balaban J connectivity index is 2.33. The molecule has 17 heavy (non-hydrogen) atoms. The quantitative estimate of drug-likeness (QED) is 0.596. The third-order valence-electron chi connectivity index (χ3n) is 2.07. The third-order valence-corrected chi connectivity index (χ3v) is 2.31. The van der Waals surface area contributed by atoms with Gasteiger partial charge in [0, 0.05) is 30.9 Å². The predicted octanol–water partition coefficient (Wildman–Crippen LogP) is 2.05. The SMILES string of the molecule is CN(C)/C=C1/N=C(c2cccc(Cl)c2)OC1=O. The molecule has 0 aliphatic carbocycles. The van der Waals surface area contributed by atoms with Crippen LogP contribution in [-0.2, 0) is 9.53 Å². The second-order valence-corrected chi connectivity index (χ2v) is 4.23. The Hall–Kier alpha value is -1.81. The van der Waals surface area contributed by atoms with Gasteiger partial charge in [-0.2, -0.15) is 0 Å². The molecule has 0 spiro atoms. The van der Waals surface area contributed by atoms with E-state index in [1.807, 2.05) is 14.1 Å². The Labute approximate surface area is 104 Å². The van der Waals surface area contributed by atoms with E-state index in [0.717, 1.165) is 0 Å². The third kappa shape index (κ3) is 2.65. The van der Waals surface area contributed by atoms with Gasteiger partial charge in [0.15, 0.2) is 5.70 Å². The number of hydrogen-bond donors (Lipinski definition) is 0. The van der Waals surface area contributed by atoms with E-state index in [2.05, 4.69) is 4.99 Å². The Morgan fingerprint density at radius 1 is 1.41 bits per heavy atom. The molecule has 0 bridgehead atoms. The van der Waals surface area contributed by atoms with Gasteiger partial charge in [0.2, 0.25) is 5.90 Å². The number of esters is 1. The molecule has 0 aromatic heterocycles. The fourth-order valence-corrected chi connectivity index (χ4v) is 1.58. The topological polar surface area (TPSA) is 41.9 Å². The van der Waals surface area contributed by atoms with Gasteiger partial charge in [-0.25, -0.2) is 9.79 Å². The Kier molecular flexibility index (Phi) is 3.15. The molecule has 1 aliphatic heterocycles. The lowest BCUT2D eigenvalue weighted by molar-refractivity contribution is -0.130. The fourth-order valence-electron chi connectivity index (χ4n) is 1.39. The molecule has 0 atom stereocenters. The number of halogens is 1. The zero-order valence-corrected chi connectivity index (χ0v) is 10.2. The van der Waals surface area contributed by atoms with Gasteiger partial charge in [-0.05, 0) is 18.2 Å². The number of cyclic esters (lactones) is 1. The van der Waals surface area contributed by atoms with Gasteiger partial charge < -0.3 is 9.64 Å². The summed E-state index contributed by atoms with van der Waals surface area (Å²) in [7, 11) is 3.63. The molecule has 0 saturated heterocycles. The molecule has 88 valence electrons. The van der Waals surface area contributed by atoms with Crippen molar-refractivity contribution >= 4 is 23.5 Å². The average Bonchev–Trinajstić information content (AvgIpc) is 2.59. The summed E-state index contributed by atoms with van der Waals surface area (Å²) >= 11 is 5.86. The largest absolute Gasteiger partial charge is 0.402 e. The van der Waals surface area contributed by atoms with E-state index in [4.69, 9.17) is 16.3 Å². The second-order valence-electron chi connectivity index (χ2n) is 3.79. The van der Waals surface area contributed by atoms with Crippen LogP contribution < -0.4 is 0 Å². The van der Waals surface area contributed by atoms with Crippen molar-refractivity contribution in [1.29, 1.82) is 0 Å². The number of rotatable bonds is 2. The highest BCUT2D eigenvalue weighted by molar-refractivity contribution is 6.31. The van der Waals surface area contributed by atoms with Crippen LogP contribution in [0.5, 0.6) is 0 Å². The zero-order valence-electron chi connectivity index (χ0n) is 9.48. The minimum absolute atomic E-state index is 0.282. The average molecular weight is 251 g/mol. The summed E-state index contributed by atoms with van der Waals surface area (Å²) in [6, 6.07) is 7.02. The highest BCUT2D eigenvalue weighted by Crippen LogP contribution is 2.18. The van der Waals surface area contributed by atoms with E-state index in [1.54, 1.807) is 35.4 Å². The van der Waals surface area contributed by atoms with Crippen LogP contribution in [0, 0.1) is 0 Å². The summed E-state index contributed by atoms with van der Waals surface area (Å²) in [5, 5.41) is 0.575. The first kappa shape index (κ1) is 11.7. The second kappa shape index (κ2) is 4.59. The zero-order chi connectivity index (χ0) is 12.4. The molecule has 1 aliphatic rings. The van der Waals surface area contributed by atoms with Crippen molar-refractivity contribution in [2.45, 2.75) is 0 Å². The van der Waals surface area contributed by atoms with Crippen LogP contribution in [-0.4, -0.2) is 30.9 Å². The molecular weight excluding hydrogens is 240 g/mol. The first-order chi connectivity index (χ1) is 8.06. The molecule has 0 radical (unpaired) electrons. The van der Waals surface area contributed by atoms with Gasteiger partial charge in [0.05, 0.1) is 0 Å². The Bertz CT molecular complexity index is 521. The number of hydrogen-bond acceptors (Lipinski definition) is 4. The highest BCUT2D eigenvalue weighted by Gasteiger charge is 2.24. The standard InChI is InChI=1S/C12H11ClN2O2/c1-15(2)7-10-12(16)17-11(14-10)8-4-3-5-9(13)6-8/h3-7H,1-2H3/b10-7+. The molecule has 5 heteroatoms. The molecule has 1 heterocycles.